The Labute approximate surface area is 74.7 Å². The Morgan fingerprint density at radius 1 is 1.23 bits per heavy atom. The van der Waals surface area contributed by atoms with E-state index in [1.165, 1.54) is 18.2 Å². The highest BCUT2D eigenvalue weighted by Gasteiger charge is 2.01. The Morgan fingerprint density at radius 3 is 2.23 bits per heavy atom. The Bertz CT molecular complexity index is 336. The molecule has 13 heavy (non-hydrogen) atoms. The Kier molecular flexibility index (Phi) is 2.90. The SMILES string of the molecule is CC(=CC=O)c1cc(F)cc(F)c1. The van der Waals surface area contributed by atoms with E-state index < -0.39 is 11.6 Å². The van der Waals surface area contributed by atoms with Crippen LogP contribution in [0.2, 0.25) is 0 Å². The summed E-state index contributed by atoms with van der Waals surface area (Å²) in [5.41, 5.74) is 0.915. The van der Waals surface area contributed by atoms with E-state index >= 15 is 0 Å². The van der Waals surface area contributed by atoms with E-state index in [1.54, 1.807) is 6.92 Å². The minimum atomic E-state index is -0.645. The van der Waals surface area contributed by atoms with Crippen molar-refractivity contribution in [3.05, 3.63) is 41.5 Å². The molecule has 1 aromatic carbocycles. The highest BCUT2D eigenvalue weighted by atomic mass is 19.1. The van der Waals surface area contributed by atoms with Crippen molar-refractivity contribution in [1.82, 2.24) is 0 Å². The predicted molar refractivity (Wildman–Crippen MR) is 46.1 cm³/mol. The summed E-state index contributed by atoms with van der Waals surface area (Å²) in [6.45, 7) is 1.61. The maximum absolute atomic E-state index is 12.7. The number of rotatable bonds is 2. The molecule has 1 rings (SSSR count). The molecular formula is C10H8F2O. The van der Waals surface area contributed by atoms with Crippen molar-refractivity contribution in [2.75, 3.05) is 0 Å². The second-order valence-corrected chi connectivity index (χ2v) is 2.64. The Balaban J connectivity index is 3.15. The van der Waals surface area contributed by atoms with Gasteiger partial charge >= 0.3 is 0 Å². The quantitative estimate of drug-likeness (QED) is 0.507. The first kappa shape index (κ1) is 9.58. The van der Waals surface area contributed by atoms with Crippen LogP contribution in [0.3, 0.4) is 0 Å². The lowest BCUT2D eigenvalue weighted by Gasteiger charge is -2.00. The molecule has 0 unspecified atom stereocenters. The highest BCUT2D eigenvalue weighted by Crippen LogP contribution is 2.16. The molecule has 3 heteroatoms. The van der Waals surface area contributed by atoms with Crippen LogP contribution in [0.1, 0.15) is 12.5 Å². The van der Waals surface area contributed by atoms with E-state index in [0.717, 1.165) is 6.07 Å². The molecule has 0 aliphatic rings. The molecule has 0 aliphatic carbocycles. The van der Waals surface area contributed by atoms with Gasteiger partial charge in [-0.25, -0.2) is 8.78 Å². The van der Waals surface area contributed by atoms with Gasteiger partial charge in [-0.15, -0.1) is 0 Å². The van der Waals surface area contributed by atoms with Crippen LogP contribution >= 0.6 is 0 Å². The average Bonchev–Trinajstić information content (AvgIpc) is 2.03. The van der Waals surface area contributed by atoms with Crippen LogP contribution in [-0.2, 0) is 4.79 Å². The standard InChI is InChI=1S/C10H8F2O/c1-7(2-3-13)8-4-9(11)6-10(12)5-8/h2-6H,1H3. The maximum atomic E-state index is 12.7. The summed E-state index contributed by atoms with van der Waals surface area (Å²) in [6, 6.07) is 3.15. The van der Waals surface area contributed by atoms with Crippen molar-refractivity contribution in [1.29, 1.82) is 0 Å². The van der Waals surface area contributed by atoms with E-state index in [9.17, 15) is 13.6 Å². The summed E-state index contributed by atoms with van der Waals surface area (Å²) in [4.78, 5) is 10.1. The molecular weight excluding hydrogens is 174 g/mol. The Hall–Kier alpha value is -1.51. The van der Waals surface area contributed by atoms with Gasteiger partial charge in [-0.1, -0.05) is 0 Å². The van der Waals surface area contributed by atoms with Crippen LogP contribution < -0.4 is 0 Å². The fraction of sp³-hybridized carbons (Fsp3) is 0.100. The summed E-state index contributed by atoms with van der Waals surface area (Å²) < 4.78 is 25.3. The van der Waals surface area contributed by atoms with Gasteiger partial charge in [-0.05, 0) is 36.3 Å². The van der Waals surface area contributed by atoms with Crippen LogP contribution in [0.5, 0.6) is 0 Å². The molecule has 1 nitrogen and oxygen atoms in total. The van der Waals surface area contributed by atoms with E-state index in [0.29, 0.717) is 17.4 Å². The lowest BCUT2D eigenvalue weighted by molar-refractivity contribution is -0.104. The lowest BCUT2D eigenvalue weighted by Crippen LogP contribution is -1.86. The molecule has 0 saturated carbocycles. The van der Waals surface area contributed by atoms with Gasteiger partial charge in [0.2, 0.25) is 0 Å². The summed E-state index contributed by atoms with van der Waals surface area (Å²) in [5.74, 6) is -1.29. The largest absolute Gasteiger partial charge is 0.299 e. The first-order chi connectivity index (χ1) is 6.13. The minimum Gasteiger partial charge on any atom is -0.299 e. The van der Waals surface area contributed by atoms with Gasteiger partial charge in [0.15, 0.2) is 0 Å². The molecule has 0 bridgehead atoms. The van der Waals surface area contributed by atoms with Crippen LogP contribution in [0, 0.1) is 11.6 Å². The monoisotopic (exact) mass is 182 g/mol. The summed E-state index contributed by atoms with van der Waals surface area (Å²) in [6.07, 6.45) is 1.84. The van der Waals surface area contributed by atoms with Gasteiger partial charge in [-0.2, -0.15) is 0 Å². The lowest BCUT2D eigenvalue weighted by atomic mass is 10.1. The first-order valence-corrected chi connectivity index (χ1v) is 3.72. The molecule has 68 valence electrons. The number of hydrogen-bond donors (Lipinski definition) is 0. The smallest absolute Gasteiger partial charge is 0.143 e. The zero-order chi connectivity index (χ0) is 9.84. The third kappa shape index (κ3) is 2.47. The number of hydrogen-bond acceptors (Lipinski definition) is 1. The number of carbonyl (C=O) groups is 1. The molecule has 0 spiro atoms. The van der Waals surface area contributed by atoms with E-state index in [1.807, 2.05) is 0 Å². The van der Waals surface area contributed by atoms with Crippen molar-refractivity contribution in [2.45, 2.75) is 6.92 Å². The van der Waals surface area contributed by atoms with Crippen molar-refractivity contribution < 1.29 is 13.6 Å². The predicted octanol–water partition coefficient (Wildman–Crippen LogP) is 2.57. The molecule has 0 aromatic heterocycles. The first-order valence-electron chi connectivity index (χ1n) is 3.72. The molecule has 0 aliphatic heterocycles. The molecule has 1 aromatic rings. The number of halogens is 2. The fourth-order valence-electron chi connectivity index (χ4n) is 0.980. The van der Waals surface area contributed by atoms with E-state index in [4.69, 9.17) is 0 Å². The van der Waals surface area contributed by atoms with Crippen molar-refractivity contribution in [3.8, 4) is 0 Å². The van der Waals surface area contributed by atoms with Crippen molar-refractivity contribution >= 4 is 11.9 Å². The fourth-order valence-corrected chi connectivity index (χ4v) is 0.980. The van der Waals surface area contributed by atoms with E-state index in [-0.39, 0.29) is 0 Å². The van der Waals surface area contributed by atoms with Crippen LogP contribution in [0.4, 0.5) is 8.78 Å². The molecule has 0 heterocycles. The number of allylic oxidation sites excluding steroid dienone is 2. The van der Waals surface area contributed by atoms with Gasteiger partial charge < -0.3 is 0 Å². The molecule has 0 radical (unpaired) electrons. The topological polar surface area (TPSA) is 17.1 Å². The minimum absolute atomic E-state index is 0.379. The van der Waals surface area contributed by atoms with E-state index in [2.05, 4.69) is 0 Å². The zero-order valence-electron chi connectivity index (χ0n) is 7.05. The summed E-state index contributed by atoms with van der Waals surface area (Å²) >= 11 is 0. The second kappa shape index (κ2) is 3.94. The third-order valence-corrected chi connectivity index (χ3v) is 1.64. The van der Waals surface area contributed by atoms with Crippen molar-refractivity contribution in [2.24, 2.45) is 0 Å². The van der Waals surface area contributed by atoms with Crippen LogP contribution in [0.25, 0.3) is 5.57 Å². The van der Waals surface area contributed by atoms with Crippen LogP contribution in [-0.4, -0.2) is 6.29 Å². The summed E-state index contributed by atoms with van der Waals surface area (Å²) in [7, 11) is 0. The van der Waals surface area contributed by atoms with Gasteiger partial charge in [0.25, 0.3) is 0 Å². The number of aldehydes is 1. The second-order valence-electron chi connectivity index (χ2n) is 2.64. The number of benzene rings is 1. The molecule has 0 amide bonds. The molecule has 0 atom stereocenters. The van der Waals surface area contributed by atoms with Gasteiger partial charge in [0.1, 0.15) is 17.9 Å². The molecule has 0 fully saturated rings. The van der Waals surface area contributed by atoms with Crippen LogP contribution in [0.15, 0.2) is 24.3 Å². The normalized spacial score (nSPS) is 11.5. The summed E-state index contributed by atoms with van der Waals surface area (Å²) in [5, 5.41) is 0. The maximum Gasteiger partial charge on any atom is 0.143 e. The molecule has 0 N–H and O–H groups in total. The van der Waals surface area contributed by atoms with Gasteiger partial charge in [-0.3, -0.25) is 4.79 Å². The molecule has 0 saturated heterocycles. The Morgan fingerprint density at radius 2 is 1.77 bits per heavy atom. The average molecular weight is 182 g/mol. The zero-order valence-corrected chi connectivity index (χ0v) is 7.05. The number of carbonyl (C=O) groups excluding carboxylic acids is 1. The van der Waals surface area contributed by atoms with Gasteiger partial charge in [0.05, 0.1) is 0 Å². The van der Waals surface area contributed by atoms with Gasteiger partial charge in [0, 0.05) is 6.07 Å². The van der Waals surface area contributed by atoms with Crippen molar-refractivity contribution in [3.63, 3.8) is 0 Å². The third-order valence-electron chi connectivity index (χ3n) is 1.64. The highest BCUT2D eigenvalue weighted by molar-refractivity contribution is 5.80.